The van der Waals surface area contributed by atoms with Crippen molar-refractivity contribution < 1.29 is 4.74 Å². The van der Waals surface area contributed by atoms with E-state index < -0.39 is 0 Å². The van der Waals surface area contributed by atoms with Crippen LogP contribution in [-0.4, -0.2) is 4.98 Å². The van der Waals surface area contributed by atoms with Gasteiger partial charge in [0.25, 0.3) is 0 Å². The van der Waals surface area contributed by atoms with Crippen LogP contribution in [0.3, 0.4) is 0 Å². The van der Waals surface area contributed by atoms with Crippen molar-refractivity contribution in [2.45, 2.75) is 25.6 Å². The van der Waals surface area contributed by atoms with Gasteiger partial charge in [-0.25, -0.2) is 0 Å². The Morgan fingerprint density at radius 1 is 1.21 bits per heavy atom. The minimum Gasteiger partial charge on any atom is -0.398 e. The van der Waals surface area contributed by atoms with Crippen molar-refractivity contribution in [3.63, 3.8) is 0 Å². The summed E-state index contributed by atoms with van der Waals surface area (Å²) in [7, 11) is 0. The average Bonchev–Trinajstić information content (AvgIpc) is 2.82. The second kappa shape index (κ2) is 5.02. The van der Waals surface area contributed by atoms with E-state index >= 15 is 0 Å². The zero-order chi connectivity index (χ0) is 13.2. The van der Waals surface area contributed by atoms with Gasteiger partial charge in [-0.05, 0) is 30.0 Å². The molecule has 1 aromatic heterocycles. The van der Waals surface area contributed by atoms with E-state index in [1.54, 1.807) is 6.20 Å². The van der Waals surface area contributed by atoms with E-state index in [0.29, 0.717) is 5.92 Å². The van der Waals surface area contributed by atoms with Gasteiger partial charge < -0.3 is 10.5 Å². The first-order chi connectivity index (χ1) is 9.25. The Kier molecular flexibility index (Phi) is 3.22. The number of anilines is 1. The SMILES string of the molecule is CC1CC(c2ccccc2N)OC1c1cccnc1. The Labute approximate surface area is 113 Å². The molecule has 0 radical (unpaired) electrons. The lowest BCUT2D eigenvalue weighted by molar-refractivity contribution is 0.0349. The molecule has 1 aliphatic heterocycles. The highest BCUT2D eigenvalue weighted by Crippen LogP contribution is 2.45. The van der Waals surface area contributed by atoms with Crippen LogP contribution in [0.1, 0.15) is 36.7 Å². The molecule has 0 aliphatic carbocycles. The fourth-order valence-electron chi connectivity index (χ4n) is 2.78. The predicted molar refractivity (Wildman–Crippen MR) is 75.4 cm³/mol. The monoisotopic (exact) mass is 254 g/mol. The second-order valence-corrected chi connectivity index (χ2v) is 5.17. The van der Waals surface area contributed by atoms with Crippen molar-refractivity contribution in [2.75, 3.05) is 5.73 Å². The summed E-state index contributed by atoms with van der Waals surface area (Å²) < 4.78 is 6.21. The van der Waals surface area contributed by atoms with E-state index in [1.807, 2.05) is 30.5 Å². The summed E-state index contributed by atoms with van der Waals surface area (Å²) in [6.45, 7) is 2.22. The van der Waals surface area contributed by atoms with Crippen LogP contribution in [0, 0.1) is 5.92 Å². The van der Waals surface area contributed by atoms with Crippen LogP contribution in [0.25, 0.3) is 0 Å². The van der Waals surface area contributed by atoms with Crippen molar-refractivity contribution >= 4 is 5.69 Å². The van der Waals surface area contributed by atoms with Gasteiger partial charge in [-0.3, -0.25) is 4.98 Å². The van der Waals surface area contributed by atoms with E-state index in [0.717, 1.165) is 23.2 Å². The topological polar surface area (TPSA) is 48.1 Å². The molecule has 0 bridgehead atoms. The molecular weight excluding hydrogens is 236 g/mol. The van der Waals surface area contributed by atoms with Crippen LogP contribution in [-0.2, 0) is 4.74 Å². The van der Waals surface area contributed by atoms with E-state index in [9.17, 15) is 0 Å². The Morgan fingerprint density at radius 2 is 2.05 bits per heavy atom. The number of pyridine rings is 1. The van der Waals surface area contributed by atoms with Gasteiger partial charge in [0.2, 0.25) is 0 Å². The fourth-order valence-corrected chi connectivity index (χ4v) is 2.78. The van der Waals surface area contributed by atoms with Crippen LogP contribution in [0.4, 0.5) is 5.69 Å². The molecule has 3 atom stereocenters. The quantitative estimate of drug-likeness (QED) is 0.834. The van der Waals surface area contributed by atoms with Gasteiger partial charge in [-0.15, -0.1) is 0 Å². The maximum atomic E-state index is 6.21. The number of hydrogen-bond acceptors (Lipinski definition) is 3. The summed E-state index contributed by atoms with van der Waals surface area (Å²) >= 11 is 0. The van der Waals surface area contributed by atoms with Crippen LogP contribution in [0.2, 0.25) is 0 Å². The molecule has 0 amide bonds. The Morgan fingerprint density at radius 3 is 2.79 bits per heavy atom. The van der Waals surface area contributed by atoms with Gasteiger partial charge >= 0.3 is 0 Å². The third-order valence-corrected chi connectivity index (χ3v) is 3.77. The molecule has 1 saturated heterocycles. The number of benzene rings is 1. The molecule has 1 fully saturated rings. The maximum Gasteiger partial charge on any atom is 0.0874 e. The number of para-hydroxylation sites is 1. The lowest BCUT2D eigenvalue weighted by Crippen LogP contribution is -2.04. The number of nitrogen functional groups attached to an aromatic ring is 1. The predicted octanol–water partition coefficient (Wildman–Crippen LogP) is 3.50. The van der Waals surface area contributed by atoms with Crippen LogP contribution >= 0.6 is 0 Å². The smallest absolute Gasteiger partial charge is 0.0874 e. The Balaban J connectivity index is 1.85. The van der Waals surface area contributed by atoms with Crippen molar-refractivity contribution in [2.24, 2.45) is 5.92 Å². The van der Waals surface area contributed by atoms with E-state index in [1.165, 1.54) is 0 Å². The van der Waals surface area contributed by atoms with Gasteiger partial charge in [0.15, 0.2) is 0 Å². The zero-order valence-electron chi connectivity index (χ0n) is 11.0. The molecular formula is C16H18N2O. The minimum absolute atomic E-state index is 0.0846. The molecule has 1 aromatic carbocycles. The number of hydrogen-bond donors (Lipinski definition) is 1. The summed E-state index contributed by atoms with van der Waals surface area (Å²) in [4.78, 5) is 4.17. The highest BCUT2D eigenvalue weighted by Gasteiger charge is 2.34. The molecule has 1 aliphatic rings. The normalized spacial score (nSPS) is 26.5. The molecule has 3 heteroatoms. The van der Waals surface area contributed by atoms with Crippen LogP contribution in [0.15, 0.2) is 48.8 Å². The number of nitrogens with zero attached hydrogens (tertiary/aromatic N) is 1. The summed E-state index contributed by atoms with van der Waals surface area (Å²) in [6, 6.07) is 12.0. The van der Waals surface area contributed by atoms with E-state index in [-0.39, 0.29) is 12.2 Å². The van der Waals surface area contributed by atoms with Gasteiger partial charge in [-0.1, -0.05) is 31.2 Å². The maximum absolute atomic E-state index is 6.21. The molecule has 0 saturated carbocycles. The summed E-state index contributed by atoms with van der Waals surface area (Å²) in [5.41, 5.74) is 9.09. The summed E-state index contributed by atoms with van der Waals surface area (Å²) in [5, 5.41) is 0. The molecule has 2 heterocycles. The second-order valence-electron chi connectivity index (χ2n) is 5.17. The minimum atomic E-state index is 0.0846. The van der Waals surface area contributed by atoms with Crippen LogP contribution < -0.4 is 5.73 Å². The number of nitrogens with two attached hydrogens (primary N) is 1. The van der Waals surface area contributed by atoms with Gasteiger partial charge in [0.05, 0.1) is 12.2 Å². The molecule has 2 N–H and O–H groups in total. The van der Waals surface area contributed by atoms with Gasteiger partial charge in [0.1, 0.15) is 0 Å². The fraction of sp³-hybridized carbons (Fsp3) is 0.312. The molecule has 98 valence electrons. The summed E-state index contributed by atoms with van der Waals surface area (Å²) in [5.74, 6) is 0.466. The Hall–Kier alpha value is -1.87. The molecule has 3 rings (SSSR count). The lowest BCUT2D eigenvalue weighted by atomic mass is 9.95. The summed E-state index contributed by atoms with van der Waals surface area (Å²) in [6.07, 6.45) is 4.86. The van der Waals surface area contributed by atoms with Crippen molar-refractivity contribution in [1.29, 1.82) is 0 Å². The highest BCUT2D eigenvalue weighted by atomic mass is 16.5. The number of rotatable bonds is 2. The average molecular weight is 254 g/mol. The van der Waals surface area contributed by atoms with Crippen molar-refractivity contribution in [3.8, 4) is 0 Å². The van der Waals surface area contributed by atoms with Gasteiger partial charge in [-0.2, -0.15) is 0 Å². The van der Waals surface area contributed by atoms with Crippen molar-refractivity contribution in [1.82, 2.24) is 4.98 Å². The molecule has 19 heavy (non-hydrogen) atoms. The molecule has 0 spiro atoms. The number of aromatic nitrogens is 1. The molecule has 3 nitrogen and oxygen atoms in total. The largest absolute Gasteiger partial charge is 0.398 e. The Bertz CT molecular complexity index is 556. The first kappa shape index (κ1) is 12.2. The molecule has 2 aromatic rings. The zero-order valence-corrected chi connectivity index (χ0v) is 11.0. The lowest BCUT2D eigenvalue weighted by Gasteiger charge is -2.16. The molecule has 3 unspecified atom stereocenters. The van der Waals surface area contributed by atoms with Gasteiger partial charge in [0, 0.05) is 23.6 Å². The van der Waals surface area contributed by atoms with E-state index in [4.69, 9.17) is 10.5 Å². The first-order valence-electron chi connectivity index (χ1n) is 6.65. The van der Waals surface area contributed by atoms with Crippen LogP contribution in [0.5, 0.6) is 0 Å². The standard InChI is InChI=1S/C16H18N2O/c1-11-9-15(13-6-2-3-7-14(13)17)19-16(11)12-5-4-8-18-10-12/h2-8,10-11,15-16H,9,17H2,1H3. The first-order valence-corrected chi connectivity index (χ1v) is 6.65. The third kappa shape index (κ3) is 2.34. The van der Waals surface area contributed by atoms with E-state index in [2.05, 4.69) is 24.0 Å². The van der Waals surface area contributed by atoms with Crippen molar-refractivity contribution in [3.05, 3.63) is 59.9 Å². The highest BCUT2D eigenvalue weighted by molar-refractivity contribution is 5.48. The number of ether oxygens (including phenoxy) is 1. The third-order valence-electron chi connectivity index (χ3n) is 3.77.